The van der Waals surface area contributed by atoms with E-state index in [1.807, 2.05) is 0 Å². The zero-order valence-electron chi connectivity index (χ0n) is 10.9. The molecule has 0 bridgehead atoms. The van der Waals surface area contributed by atoms with Crippen LogP contribution in [0.1, 0.15) is 11.8 Å². The van der Waals surface area contributed by atoms with Gasteiger partial charge in [0, 0.05) is 11.8 Å². The van der Waals surface area contributed by atoms with Crippen LogP contribution in [0.5, 0.6) is 0 Å². The van der Waals surface area contributed by atoms with Gasteiger partial charge >= 0.3 is 5.69 Å². The molecule has 0 radical (unpaired) electrons. The lowest BCUT2D eigenvalue weighted by atomic mass is 9.98. The Morgan fingerprint density at radius 1 is 1.24 bits per heavy atom. The maximum absolute atomic E-state index is 11.8. The van der Waals surface area contributed by atoms with Crippen molar-refractivity contribution in [3.05, 3.63) is 22.2 Å². The van der Waals surface area contributed by atoms with Crippen LogP contribution in [0.3, 0.4) is 0 Å². The van der Waals surface area contributed by atoms with Crippen LogP contribution in [0, 0.1) is 0 Å². The fourth-order valence-corrected chi connectivity index (χ4v) is 2.14. The van der Waals surface area contributed by atoms with Gasteiger partial charge in [-0.15, -0.1) is 0 Å². The van der Waals surface area contributed by atoms with Gasteiger partial charge in [-0.05, 0) is 0 Å². The summed E-state index contributed by atoms with van der Waals surface area (Å²) in [6.45, 7) is -1.11. The molecule has 2 rings (SSSR count). The minimum Gasteiger partial charge on any atom is -0.394 e. The number of nitrogens with two attached hydrogens (primary N) is 1. The van der Waals surface area contributed by atoms with E-state index < -0.39 is 49.5 Å². The number of hydrogen-bond donors (Lipinski definition) is 6. The van der Waals surface area contributed by atoms with Crippen molar-refractivity contribution >= 4 is 5.82 Å². The molecule has 10 heteroatoms. The highest BCUT2D eigenvalue weighted by atomic mass is 16.6. The van der Waals surface area contributed by atoms with Gasteiger partial charge in [-0.3, -0.25) is 4.57 Å². The smallest absolute Gasteiger partial charge is 0.351 e. The van der Waals surface area contributed by atoms with Crippen molar-refractivity contribution in [1.29, 1.82) is 0 Å². The van der Waals surface area contributed by atoms with Crippen molar-refractivity contribution in [3.8, 4) is 0 Å². The highest BCUT2D eigenvalue weighted by molar-refractivity contribution is 5.36. The van der Waals surface area contributed by atoms with E-state index in [1.165, 1.54) is 0 Å². The van der Waals surface area contributed by atoms with Crippen LogP contribution >= 0.6 is 0 Å². The zero-order valence-corrected chi connectivity index (χ0v) is 10.9. The molecule has 10 nitrogen and oxygen atoms in total. The molecular weight excluding hydrogens is 286 g/mol. The summed E-state index contributed by atoms with van der Waals surface area (Å²) in [6, 6.07) is 0. The SMILES string of the molecule is Nc1nc(=O)n(C2O[C@H](CO)[C@@H](O)[C@H](O)[C@H]2O)cc1CO. The second kappa shape index (κ2) is 6.05. The minimum atomic E-state index is -1.63. The summed E-state index contributed by atoms with van der Waals surface area (Å²) < 4.78 is 6.06. The first-order valence-electron chi connectivity index (χ1n) is 6.19. The number of aromatic nitrogens is 2. The van der Waals surface area contributed by atoms with E-state index in [0.717, 1.165) is 10.8 Å². The highest BCUT2D eigenvalue weighted by Crippen LogP contribution is 2.27. The number of rotatable bonds is 3. The van der Waals surface area contributed by atoms with Gasteiger partial charge in [0.05, 0.1) is 13.2 Å². The summed E-state index contributed by atoms with van der Waals surface area (Å²) in [6.07, 6.45) is -6.18. The zero-order chi connectivity index (χ0) is 15.7. The molecule has 1 fully saturated rings. The molecule has 1 aromatic rings. The molecular formula is C11H17N3O7. The third kappa shape index (κ3) is 2.77. The van der Waals surface area contributed by atoms with Gasteiger partial charge in [0.25, 0.3) is 0 Å². The van der Waals surface area contributed by atoms with E-state index in [0.29, 0.717) is 0 Å². The highest BCUT2D eigenvalue weighted by Gasteiger charge is 2.44. The first-order valence-corrected chi connectivity index (χ1v) is 6.19. The average Bonchev–Trinajstić information content (AvgIpc) is 2.46. The molecule has 1 aromatic heterocycles. The van der Waals surface area contributed by atoms with Crippen molar-refractivity contribution in [1.82, 2.24) is 9.55 Å². The summed E-state index contributed by atoms with van der Waals surface area (Å²) in [5.74, 6) is -0.164. The first-order chi connectivity index (χ1) is 9.90. The molecule has 1 saturated heterocycles. The van der Waals surface area contributed by atoms with Gasteiger partial charge in [0.1, 0.15) is 30.2 Å². The van der Waals surface area contributed by atoms with Crippen molar-refractivity contribution in [2.24, 2.45) is 0 Å². The Morgan fingerprint density at radius 3 is 2.48 bits per heavy atom. The predicted molar refractivity (Wildman–Crippen MR) is 67.8 cm³/mol. The third-order valence-electron chi connectivity index (χ3n) is 3.37. The van der Waals surface area contributed by atoms with E-state index >= 15 is 0 Å². The Morgan fingerprint density at radius 2 is 1.90 bits per heavy atom. The summed E-state index contributed by atoms with van der Waals surface area (Å²) in [7, 11) is 0. The topological polar surface area (TPSA) is 171 Å². The quantitative estimate of drug-likeness (QED) is 0.328. The molecule has 5 atom stereocenters. The van der Waals surface area contributed by atoms with Gasteiger partial charge in [0.2, 0.25) is 0 Å². The number of aliphatic hydroxyl groups excluding tert-OH is 5. The summed E-state index contributed by atoms with van der Waals surface area (Å²) in [4.78, 5) is 15.3. The summed E-state index contributed by atoms with van der Waals surface area (Å²) >= 11 is 0. The van der Waals surface area contributed by atoms with Crippen molar-refractivity contribution in [3.63, 3.8) is 0 Å². The van der Waals surface area contributed by atoms with Crippen LogP contribution < -0.4 is 11.4 Å². The largest absolute Gasteiger partial charge is 0.394 e. The summed E-state index contributed by atoms with van der Waals surface area (Å²) in [5, 5.41) is 47.5. The standard InChI is InChI=1S/C11H17N3O7/c12-9-4(2-15)1-14(11(20)13-9)10-8(19)7(18)6(17)5(3-16)21-10/h1,5-8,10,15-19H,2-3H2,(H2,12,13,20)/t5-,6-,7+,8-,10?/m1/s1. The molecule has 2 heterocycles. The fraction of sp³-hybridized carbons (Fsp3) is 0.636. The number of nitrogen functional groups attached to an aromatic ring is 1. The minimum absolute atomic E-state index is 0.131. The predicted octanol–water partition coefficient (Wildman–Crippen LogP) is -3.71. The van der Waals surface area contributed by atoms with Crippen molar-refractivity contribution in [2.45, 2.75) is 37.3 Å². The van der Waals surface area contributed by atoms with Crippen LogP contribution in [-0.4, -0.2) is 66.1 Å². The third-order valence-corrected chi connectivity index (χ3v) is 3.37. The number of hydrogen-bond acceptors (Lipinski definition) is 9. The van der Waals surface area contributed by atoms with Crippen molar-refractivity contribution in [2.75, 3.05) is 12.3 Å². The number of nitrogens with zero attached hydrogens (tertiary/aromatic N) is 2. The van der Waals surface area contributed by atoms with E-state index in [9.17, 15) is 20.1 Å². The van der Waals surface area contributed by atoms with Gasteiger partial charge in [-0.1, -0.05) is 0 Å². The van der Waals surface area contributed by atoms with Crippen LogP contribution in [0.2, 0.25) is 0 Å². The molecule has 7 N–H and O–H groups in total. The molecule has 0 aliphatic carbocycles. The van der Waals surface area contributed by atoms with Crippen LogP contribution in [0.4, 0.5) is 5.82 Å². The van der Waals surface area contributed by atoms with Gasteiger partial charge < -0.3 is 36.0 Å². The number of aliphatic hydroxyl groups is 5. The van der Waals surface area contributed by atoms with E-state index in [2.05, 4.69) is 4.98 Å². The van der Waals surface area contributed by atoms with Gasteiger partial charge in [0.15, 0.2) is 6.23 Å². The van der Waals surface area contributed by atoms with Crippen molar-refractivity contribution < 1.29 is 30.3 Å². The lowest BCUT2D eigenvalue weighted by Gasteiger charge is -2.40. The Kier molecular flexibility index (Phi) is 4.56. The lowest BCUT2D eigenvalue weighted by molar-refractivity contribution is -0.252. The Bertz CT molecular complexity index is 561. The molecule has 0 spiro atoms. The maximum Gasteiger partial charge on any atom is 0.351 e. The normalized spacial score (nSPS) is 33.1. The monoisotopic (exact) mass is 303 g/mol. The van der Waals surface area contributed by atoms with Crippen LogP contribution in [0.25, 0.3) is 0 Å². The van der Waals surface area contributed by atoms with Gasteiger partial charge in [-0.25, -0.2) is 4.79 Å². The molecule has 118 valence electrons. The van der Waals surface area contributed by atoms with Crippen LogP contribution in [0.15, 0.2) is 11.0 Å². The van der Waals surface area contributed by atoms with Crippen LogP contribution in [-0.2, 0) is 11.3 Å². The lowest BCUT2D eigenvalue weighted by Crippen LogP contribution is -2.57. The Balaban J connectivity index is 2.43. The van der Waals surface area contributed by atoms with Gasteiger partial charge in [-0.2, -0.15) is 4.98 Å². The molecule has 0 aromatic carbocycles. The first kappa shape index (κ1) is 15.8. The number of anilines is 1. The molecule has 1 aliphatic rings. The second-order valence-corrected chi connectivity index (χ2v) is 4.72. The maximum atomic E-state index is 11.8. The Labute approximate surface area is 118 Å². The molecule has 0 amide bonds. The molecule has 1 unspecified atom stereocenters. The van der Waals surface area contributed by atoms with E-state index in [-0.39, 0.29) is 11.4 Å². The Hall–Kier alpha value is -1.56. The molecule has 1 aliphatic heterocycles. The average molecular weight is 303 g/mol. The molecule has 21 heavy (non-hydrogen) atoms. The summed E-state index contributed by atoms with van der Waals surface area (Å²) in [5.41, 5.74) is 4.72. The molecule has 0 saturated carbocycles. The van der Waals surface area contributed by atoms with E-state index in [1.54, 1.807) is 0 Å². The number of ether oxygens (including phenoxy) is 1. The van der Waals surface area contributed by atoms with E-state index in [4.69, 9.17) is 20.7 Å². The fourth-order valence-electron chi connectivity index (χ4n) is 2.14. The second-order valence-electron chi connectivity index (χ2n) is 4.72.